The lowest BCUT2D eigenvalue weighted by atomic mass is 9.86. The highest BCUT2D eigenvalue weighted by Gasteiger charge is 2.23. The van der Waals surface area contributed by atoms with Crippen LogP contribution in [-0.4, -0.2) is 19.1 Å². The van der Waals surface area contributed by atoms with Crippen LogP contribution < -0.4 is 10.2 Å². The number of nitrogens with zero attached hydrogens (tertiary/aromatic N) is 1. The van der Waals surface area contributed by atoms with Gasteiger partial charge in [0.2, 0.25) is 0 Å². The number of halogens is 1. The molecule has 1 aliphatic heterocycles. The number of benzene rings is 1. The van der Waals surface area contributed by atoms with E-state index in [2.05, 4.69) is 72.0 Å². The molecular formula is C18H29BrN2. The van der Waals surface area contributed by atoms with Gasteiger partial charge in [-0.25, -0.2) is 0 Å². The van der Waals surface area contributed by atoms with Crippen LogP contribution in [0.1, 0.15) is 46.1 Å². The van der Waals surface area contributed by atoms with Crippen molar-refractivity contribution in [2.24, 2.45) is 11.8 Å². The second kappa shape index (κ2) is 7.64. The molecule has 0 atom stereocenters. The quantitative estimate of drug-likeness (QED) is 0.816. The van der Waals surface area contributed by atoms with E-state index < -0.39 is 0 Å². The molecule has 1 heterocycles. The van der Waals surface area contributed by atoms with Crippen molar-refractivity contribution < 1.29 is 0 Å². The number of piperidine rings is 1. The van der Waals surface area contributed by atoms with Crippen LogP contribution in [0.15, 0.2) is 22.7 Å². The summed E-state index contributed by atoms with van der Waals surface area (Å²) in [6, 6.07) is 7.22. The third-order valence-corrected chi connectivity index (χ3v) is 5.06. The average Bonchev–Trinajstić information content (AvgIpc) is 2.45. The Morgan fingerprint density at radius 2 is 1.86 bits per heavy atom. The maximum Gasteiger partial charge on any atom is 0.0412 e. The fourth-order valence-corrected chi connectivity index (χ4v) is 3.53. The fourth-order valence-electron chi connectivity index (χ4n) is 3.13. The van der Waals surface area contributed by atoms with Gasteiger partial charge in [0.15, 0.2) is 0 Å². The van der Waals surface area contributed by atoms with Crippen molar-refractivity contribution in [2.45, 2.75) is 53.1 Å². The van der Waals surface area contributed by atoms with Crippen LogP contribution in [0.2, 0.25) is 0 Å². The third-order valence-electron chi connectivity index (χ3n) is 4.57. The first kappa shape index (κ1) is 16.8. The van der Waals surface area contributed by atoms with Gasteiger partial charge in [0, 0.05) is 35.8 Å². The van der Waals surface area contributed by atoms with E-state index in [1.165, 1.54) is 41.7 Å². The first-order chi connectivity index (χ1) is 9.97. The van der Waals surface area contributed by atoms with E-state index in [-0.39, 0.29) is 0 Å². The molecule has 0 radical (unpaired) electrons. The minimum atomic E-state index is 0.517. The molecule has 0 saturated carbocycles. The van der Waals surface area contributed by atoms with Crippen LogP contribution in [0.5, 0.6) is 0 Å². The zero-order valence-corrected chi connectivity index (χ0v) is 15.4. The van der Waals surface area contributed by atoms with Crippen LogP contribution in [0, 0.1) is 11.8 Å². The molecule has 118 valence electrons. The second-order valence-electron chi connectivity index (χ2n) is 6.88. The molecule has 3 heteroatoms. The molecule has 1 fully saturated rings. The highest BCUT2D eigenvalue weighted by Crippen LogP contribution is 2.31. The summed E-state index contributed by atoms with van der Waals surface area (Å²) in [5.74, 6) is 1.72. The van der Waals surface area contributed by atoms with Crippen LogP contribution in [0.3, 0.4) is 0 Å². The van der Waals surface area contributed by atoms with Crippen molar-refractivity contribution in [3.63, 3.8) is 0 Å². The van der Waals surface area contributed by atoms with Crippen molar-refractivity contribution in [3.05, 3.63) is 28.2 Å². The smallest absolute Gasteiger partial charge is 0.0412 e. The fraction of sp³-hybridized carbons (Fsp3) is 0.667. The van der Waals surface area contributed by atoms with E-state index in [4.69, 9.17) is 0 Å². The summed E-state index contributed by atoms with van der Waals surface area (Å²) >= 11 is 3.61. The van der Waals surface area contributed by atoms with E-state index in [0.717, 1.165) is 18.4 Å². The molecule has 0 spiro atoms. The van der Waals surface area contributed by atoms with Crippen LogP contribution >= 0.6 is 15.9 Å². The van der Waals surface area contributed by atoms with Gasteiger partial charge in [-0.05, 0) is 48.4 Å². The van der Waals surface area contributed by atoms with Crippen LogP contribution in [0.4, 0.5) is 5.69 Å². The van der Waals surface area contributed by atoms with Gasteiger partial charge in [-0.3, -0.25) is 0 Å². The van der Waals surface area contributed by atoms with Crippen molar-refractivity contribution in [3.8, 4) is 0 Å². The van der Waals surface area contributed by atoms with Crippen LogP contribution in [0.25, 0.3) is 0 Å². The van der Waals surface area contributed by atoms with E-state index in [1.54, 1.807) is 0 Å². The molecular weight excluding hydrogens is 324 g/mol. The summed E-state index contributed by atoms with van der Waals surface area (Å²) in [5.41, 5.74) is 2.81. The molecule has 0 amide bonds. The monoisotopic (exact) mass is 352 g/mol. The summed E-state index contributed by atoms with van der Waals surface area (Å²) in [4.78, 5) is 2.57. The van der Waals surface area contributed by atoms with Gasteiger partial charge in [0.1, 0.15) is 0 Å². The number of hydrogen-bond donors (Lipinski definition) is 1. The Hall–Kier alpha value is -0.540. The second-order valence-corrected chi connectivity index (χ2v) is 7.79. The summed E-state index contributed by atoms with van der Waals surface area (Å²) in [6.45, 7) is 12.4. The van der Waals surface area contributed by atoms with Gasteiger partial charge in [0.25, 0.3) is 0 Å². The average molecular weight is 353 g/mol. The molecule has 0 aliphatic carbocycles. The van der Waals surface area contributed by atoms with Crippen LogP contribution in [-0.2, 0) is 6.54 Å². The molecule has 1 aromatic rings. The zero-order valence-electron chi connectivity index (χ0n) is 13.8. The minimum absolute atomic E-state index is 0.517. The molecule has 0 unspecified atom stereocenters. The lowest BCUT2D eigenvalue weighted by Crippen LogP contribution is -2.36. The largest absolute Gasteiger partial charge is 0.371 e. The predicted octanol–water partition coefficient (Wildman–Crippen LogP) is 4.82. The summed E-state index contributed by atoms with van der Waals surface area (Å²) in [6.07, 6.45) is 2.65. The molecule has 2 rings (SSSR count). The SMILES string of the molecule is CC(C)NCc1cc(Br)ccc1N1CCC(C(C)C)CC1. The first-order valence-corrected chi connectivity index (χ1v) is 9.03. The topological polar surface area (TPSA) is 15.3 Å². The molecule has 1 aromatic carbocycles. The van der Waals surface area contributed by atoms with Crippen molar-refractivity contribution >= 4 is 21.6 Å². The molecule has 1 N–H and O–H groups in total. The zero-order chi connectivity index (χ0) is 15.4. The lowest BCUT2D eigenvalue weighted by molar-refractivity contribution is 0.311. The van der Waals surface area contributed by atoms with Gasteiger partial charge in [-0.2, -0.15) is 0 Å². The van der Waals surface area contributed by atoms with E-state index in [9.17, 15) is 0 Å². The number of nitrogens with one attached hydrogen (secondary N) is 1. The molecule has 21 heavy (non-hydrogen) atoms. The molecule has 1 saturated heterocycles. The Morgan fingerprint density at radius 3 is 2.43 bits per heavy atom. The summed E-state index contributed by atoms with van der Waals surface area (Å²) < 4.78 is 1.17. The maximum atomic E-state index is 3.61. The maximum absolute atomic E-state index is 3.61. The first-order valence-electron chi connectivity index (χ1n) is 8.24. The van der Waals surface area contributed by atoms with E-state index >= 15 is 0 Å². The van der Waals surface area contributed by atoms with Gasteiger partial charge < -0.3 is 10.2 Å². The highest BCUT2D eigenvalue weighted by atomic mass is 79.9. The van der Waals surface area contributed by atoms with Crippen molar-refractivity contribution in [1.29, 1.82) is 0 Å². The number of anilines is 1. The molecule has 2 nitrogen and oxygen atoms in total. The minimum Gasteiger partial charge on any atom is -0.371 e. The predicted molar refractivity (Wildman–Crippen MR) is 95.9 cm³/mol. The number of rotatable bonds is 5. The molecule has 0 bridgehead atoms. The van der Waals surface area contributed by atoms with Gasteiger partial charge in [-0.1, -0.05) is 43.6 Å². The van der Waals surface area contributed by atoms with Gasteiger partial charge in [-0.15, -0.1) is 0 Å². The Bertz CT molecular complexity index is 449. The normalized spacial score (nSPS) is 17.0. The number of hydrogen-bond acceptors (Lipinski definition) is 2. The summed E-state index contributed by atoms with van der Waals surface area (Å²) in [7, 11) is 0. The standard InChI is InChI=1S/C18H29BrN2/c1-13(2)15-7-9-21(10-8-15)18-6-5-17(19)11-16(18)12-20-14(3)4/h5-6,11,13-15,20H,7-10,12H2,1-4H3. The van der Waals surface area contributed by atoms with Crippen molar-refractivity contribution in [1.82, 2.24) is 5.32 Å². The van der Waals surface area contributed by atoms with E-state index in [1.807, 2.05) is 0 Å². The van der Waals surface area contributed by atoms with E-state index in [0.29, 0.717) is 6.04 Å². The Kier molecular flexibility index (Phi) is 6.12. The highest BCUT2D eigenvalue weighted by molar-refractivity contribution is 9.10. The summed E-state index contributed by atoms with van der Waals surface area (Å²) in [5, 5.41) is 3.55. The van der Waals surface area contributed by atoms with Crippen molar-refractivity contribution in [2.75, 3.05) is 18.0 Å². The molecule has 0 aromatic heterocycles. The van der Waals surface area contributed by atoms with Gasteiger partial charge >= 0.3 is 0 Å². The lowest BCUT2D eigenvalue weighted by Gasteiger charge is -2.36. The Balaban J connectivity index is 2.08. The Labute approximate surface area is 138 Å². The third kappa shape index (κ3) is 4.72. The Morgan fingerprint density at radius 1 is 1.19 bits per heavy atom. The van der Waals surface area contributed by atoms with Gasteiger partial charge in [0.05, 0.1) is 0 Å². The molecule has 1 aliphatic rings.